The number of ether oxygens (including phenoxy) is 1. The Bertz CT molecular complexity index is 573. The van der Waals surface area contributed by atoms with Crippen molar-refractivity contribution in [1.82, 2.24) is 0 Å². The molecule has 0 unspecified atom stereocenters. The van der Waals surface area contributed by atoms with Crippen LogP contribution in [0.2, 0.25) is 0 Å². The van der Waals surface area contributed by atoms with Crippen molar-refractivity contribution in [3.05, 3.63) is 58.1 Å². The number of halogens is 4. The Labute approximate surface area is 120 Å². The molecular weight excluding hydrogens is 370 g/mol. The highest BCUT2D eigenvalue weighted by molar-refractivity contribution is 9.10. The summed E-state index contributed by atoms with van der Waals surface area (Å²) in [5.74, 6) is -0.848. The highest BCUT2D eigenvalue weighted by atomic mass is 79.9. The lowest BCUT2D eigenvalue weighted by atomic mass is 10.2. The van der Waals surface area contributed by atoms with Crippen LogP contribution in [-0.4, -0.2) is 0 Å². The van der Waals surface area contributed by atoms with Gasteiger partial charge < -0.3 is 4.74 Å². The van der Waals surface area contributed by atoms with E-state index in [-0.39, 0.29) is 5.75 Å². The summed E-state index contributed by atoms with van der Waals surface area (Å²) >= 11 is 6.66. The lowest BCUT2D eigenvalue weighted by Gasteiger charge is -2.09. The van der Waals surface area contributed by atoms with Gasteiger partial charge in [-0.3, -0.25) is 0 Å². The topological polar surface area (TPSA) is 9.23 Å². The zero-order valence-corrected chi connectivity index (χ0v) is 12.3. The van der Waals surface area contributed by atoms with Gasteiger partial charge in [0.15, 0.2) is 11.6 Å². The first-order valence-corrected chi connectivity index (χ1v) is 6.99. The second kappa shape index (κ2) is 5.80. The van der Waals surface area contributed by atoms with Gasteiger partial charge in [-0.05, 0) is 45.8 Å². The van der Waals surface area contributed by atoms with Crippen molar-refractivity contribution in [3.8, 4) is 11.5 Å². The fraction of sp³-hybridized carbons (Fsp3) is 0.0769. The minimum absolute atomic E-state index is 0.137. The van der Waals surface area contributed by atoms with Crippen LogP contribution >= 0.6 is 31.9 Å². The zero-order chi connectivity index (χ0) is 13.1. The summed E-state index contributed by atoms with van der Waals surface area (Å²) in [6, 6.07) is 8.48. The number of hydrogen-bond acceptors (Lipinski definition) is 1. The third kappa shape index (κ3) is 3.09. The molecule has 0 fully saturated rings. The molecule has 0 saturated carbocycles. The van der Waals surface area contributed by atoms with Crippen molar-refractivity contribution in [2.45, 2.75) is 5.33 Å². The summed E-state index contributed by atoms with van der Waals surface area (Å²) in [7, 11) is 0. The van der Waals surface area contributed by atoms with Gasteiger partial charge in [0.2, 0.25) is 0 Å². The Morgan fingerprint density at radius 3 is 2.44 bits per heavy atom. The fourth-order valence-corrected chi connectivity index (χ4v) is 2.24. The Hall–Kier alpha value is -0.940. The molecule has 0 aromatic heterocycles. The first kappa shape index (κ1) is 13.5. The van der Waals surface area contributed by atoms with Gasteiger partial charge in [-0.15, -0.1) is 0 Å². The Morgan fingerprint density at radius 1 is 1.00 bits per heavy atom. The third-order valence-electron chi connectivity index (χ3n) is 2.26. The molecule has 2 rings (SSSR count). The van der Waals surface area contributed by atoms with E-state index in [2.05, 4.69) is 31.9 Å². The van der Waals surface area contributed by atoms with Crippen LogP contribution in [0.4, 0.5) is 8.78 Å². The molecule has 0 N–H and O–H groups in total. The van der Waals surface area contributed by atoms with E-state index in [0.717, 1.165) is 23.8 Å². The third-order valence-corrected chi connectivity index (χ3v) is 3.53. The maximum absolute atomic E-state index is 13.4. The molecule has 18 heavy (non-hydrogen) atoms. The van der Waals surface area contributed by atoms with Crippen LogP contribution in [0.5, 0.6) is 11.5 Å². The van der Waals surface area contributed by atoms with Crippen LogP contribution < -0.4 is 4.74 Å². The van der Waals surface area contributed by atoms with E-state index < -0.39 is 11.6 Å². The van der Waals surface area contributed by atoms with Gasteiger partial charge in [0.25, 0.3) is 0 Å². The van der Waals surface area contributed by atoms with Crippen molar-refractivity contribution in [2.75, 3.05) is 0 Å². The largest absolute Gasteiger partial charge is 0.453 e. The molecule has 2 aromatic carbocycles. The first-order valence-electron chi connectivity index (χ1n) is 5.07. The maximum Gasteiger partial charge on any atom is 0.166 e. The van der Waals surface area contributed by atoms with Crippen LogP contribution in [0.1, 0.15) is 5.56 Å². The normalized spacial score (nSPS) is 10.4. The van der Waals surface area contributed by atoms with Crippen molar-refractivity contribution in [2.24, 2.45) is 0 Å². The molecule has 2 aromatic rings. The van der Waals surface area contributed by atoms with Crippen LogP contribution in [-0.2, 0) is 5.33 Å². The molecule has 0 aliphatic heterocycles. The SMILES string of the molecule is Fc1ccc(F)c(Oc2ccc(CBr)cc2Br)c1. The van der Waals surface area contributed by atoms with Crippen LogP contribution in [0, 0.1) is 11.6 Å². The van der Waals surface area contributed by atoms with Gasteiger partial charge in [0.05, 0.1) is 4.47 Å². The number of alkyl halides is 1. The Kier molecular flexibility index (Phi) is 4.35. The van der Waals surface area contributed by atoms with Crippen LogP contribution in [0.3, 0.4) is 0 Å². The molecule has 94 valence electrons. The van der Waals surface area contributed by atoms with Gasteiger partial charge in [0.1, 0.15) is 11.6 Å². The first-order chi connectivity index (χ1) is 8.60. The minimum atomic E-state index is -0.604. The van der Waals surface area contributed by atoms with Crippen LogP contribution in [0.15, 0.2) is 40.9 Å². The molecule has 0 atom stereocenters. The lowest BCUT2D eigenvalue weighted by molar-refractivity contribution is 0.434. The Morgan fingerprint density at radius 2 is 1.78 bits per heavy atom. The molecule has 0 radical (unpaired) electrons. The number of rotatable bonds is 3. The van der Waals surface area contributed by atoms with E-state index in [1.165, 1.54) is 0 Å². The summed E-state index contributed by atoms with van der Waals surface area (Å²) in [5.41, 5.74) is 1.05. The van der Waals surface area contributed by atoms with Crippen molar-refractivity contribution in [3.63, 3.8) is 0 Å². The predicted molar refractivity (Wildman–Crippen MR) is 73.2 cm³/mol. The quantitative estimate of drug-likeness (QED) is 0.649. The van der Waals surface area contributed by atoms with E-state index in [0.29, 0.717) is 15.6 Å². The summed E-state index contributed by atoms with van der Waals surface area (Å²) in [4.78, 5) is 0. The lowest BCUT2D eigenvalue weighted by Crippen LogP contribution is -1.91. The minimum Gasteiger partial charge on any atom is -0.453 e. The summed E-state index contributed by atoms with van der Waals surface area (Å²) in [5, 5.41) is 0.709. The molecule has 0 spiro atoms. The van der Waals surface area contributed by atoms with E-state index in [1.807, 2.05) is 12.1 Å². The Balaban J connectivity index is 2.31. The van der Waals surface area contributed by atoms with Crippen molar-refractivity contribution < 1.29 is 13.5 Å². The average molecular weight is 378 g/mol. The molecule has 0 bridgehead atoms. The maximum atomic E-state index is 13.4. The summed E-state index contributed by atoms with van der Waals surface area (Å²) in [6.07, 6.45) is 0. The average Bonchev–Trinajstić information content (AvgIpc) is 2.36. The van der Waals surface area contributed by atoms with E-state index in [1.54, 1.807) is 6.07 Å². The molecule has 0 heterocycles. The molecule has 5 heteroatoms. The molecule has 0 saturated heterocycles. The van der Waals surface area contributed by atoms with Gasteiger partial charge in [0, 0.05) is 11.4 Å². The van der Waals surface area contributed by atoms with Crippen LogP contribution in [0.25, 0.3) is 0 Å². The van der Waals surface area contributed by atoms with E-state index >= 15 is 0 Å². The summed E-state index contributed by atoms with van der Waals surface area (Å²) < 4.78 is 32.4. The van der Waals surface area contributed by atoms with E-state index in [4.69, 9.17) is 4.74 Å². The predicted octanol–water partition coefficient (Wildman–Crippen LogP) is 5.41. The van der Waals surface area contributed by atoms with E-state index in [9.17, 15) is 8.78 Å². The van der Waals surface area contributed by atoms with Gasteiger partial charge in [-0.1, -0.05) is 22.0 Å². The number of benzene rings is 2. The molecule has 0 aliphatic carbocycles. The van der Waals surface area contributed by atoms with Gasteiger partial charge in [-0.2, -0.15) is 0 Å². The molecule has 0 amide bonds. The molecule has 0 aliphatic rings. The zero-order valence-electron chi connectivity index (χ0n) is 9.09. The fourth-order valence-electron chi connectivity index (χ4n) is 1.38. The van der Waals surface area contributed by atoms with Gasteiger partial charge >= 0.3 is 0 Å². The van der Waals surface area contributed by atoms with Crippen molar-refractivity contribution >= 4 is 31.9 Å². The highest BCUT2D eigenvalue weighted by Crippen LogP contribution is 2.32. The highest BCUT2D eigenvalue weighted by Gasteiger charge is 2.09. The standard InChI is InChI=1S/C13H8Br2F2O/c14-7-8-1-4-12(10(15)5-8)18-13-6-9(16)2-3-11(13)17/h1-6H,7H2. The number of hydrogen-bond donors (Lipinski definition) is 0. The second-order valence-corrected chi connectivity index (χ2v) is 4.99. The van der Waals surface area contributed by atoms with Gasteiger partial charge in [-0.25, -0.2) is 8.78 Å². The smallest absolute Gasteiger partial charge is 0.166 e. The van der Waals surface area contributed by atoms with Crippen molar-refractivity contribution in [1.29, 1.82) is 0 Å². The second-order valence-electron chi connectivity index (χ2n) is 3.58. The monoisotopic (exact) mass is 376 g/mol. The summed E-state index contributed by atoms with van der Waals surface area (Å²) in [6.45, 7) is 0. The molecular formula is C13H8Br2F2O. The molecule has 1 nitrogen and oxygen atoms in total.